The zero-order chi connectivity index (χ0) is 21.1. The summed E-state index contributed by atoms with van der Waals surface area (Å²) in [6.45, 7) is 5.75. The SMILES string of the molecule is CCc1ccc2c(c1)S(OS(=O)(=O)C(F)(F)F)(C(F)(F)F)C(C(C)(C)C)=C2. The molecule has 0 aromatic heterocycles. The van der Waals surface area contributed by atoms with E-state index in [-0.39, 0.29) is 5.56 Å². The van der Waals surface area contributed by atoms with Crippen molar-refractivity contribution in [1.29, 1.82) is 0 Å². The van der Waals surface area contributed by atoms with Crippen LogP contribution in [0.2, 0.25) is 0 Å². The number of halogens is 6. The maximum atomic E-state index is 14.3. The van der Waals surface area contributed by atoms with Crippen LogP contribution in [-0.4, -0.2) is 19.4 Å². The van der Waals surface area contributed by atoms with Gasteiger partial charge in [0.1, 0.15) is 0 Å². The van der Waals surface area contributed by atoms with Gasteiger partial charge >= 0.3 is 21.1 Å². The lowest BCUT2D eigenvalue weighted by molar-refractivity contribution is -0.0548. The van der Waals surface area contributed by atoms with Crippen LogP contribution in [0.15, 0.2) is 28.0 Å². The minimum Gasteiger partial charge on any atom is -0.196 e. The molecule has 0 saturated heterocycles. The number of alkyl halides is 6. The van der Waals surface area contributed by atoms with Gasteiger partial charge in [-0.2, -0.15) is 38.4 Å². The van der Waals surface area contributed by atoms with Crippen molar-refractivity contribution < 1.29 is 38.4 Å². The zero-order valence-electron chi connectivity index (χ0n) is 14.8. The Balaban J connectivity index is 2.90. The van der Waals surface area contributed by atoms with E-state index in [1.807, 2.05) is 0 Å². The fourth-order valence-corrected chi connectivity index (χ4v) is 7.64. The first kappa shape index (κ1) is 22.1. The molecule has 1 atom stereocenters. The molecule has 0 fully saturated rings. The number of hydrogen-bond acceptors (Lipinski definition) is 3. The fourth-order valence-electron chi connectivity index (χ4n) is 2.69. The second-order valence-corrected chi connectivity index (χ2v) is 11.3. The van der Waals surface area contributed by atoms with E-state index in [0.717, 1.165) is 12.1 Å². The topological polar surface area (TPSA) is 43.4 Å². The molecule has 1 aliphatic heterocycles. The summed E-state index contributed by atoms with van der Waals surface area (Å²) in [6.07, 6.45) is 1.40. The molecule has 0 spiro atoms. The number of hydrogen-bond donors (Lipinski definition) is 0. The van der Waals surface area contributed by atoms with Gasteiger partial charge in [0.2, 0.25) is 0 Å². The van der Waals surface area contributed by atoms with Crippen LogP contribution in [0.3, 0.4) is 0 Å². The summed E-state index contributed by atoms with van der Waals surface area (Å²) in [6, 6.07) is 3.96. The lowest BCUT2D eigenvalue weighted by Crippen LogP contribution is -2.34. The molecule has 0 amide bonds. The maximum Gasteiger partial charge on any atom is 0.523 e. The van der Waals surface area contributed by atoms with Crippen molar-refractivity contribution in [3.63, 3.8) is 0 Å². The highest BCUT2D eigenvalue weighted by molar-refractivity contribution is 8.37. The van der Waals surface area contributed by atoms with Crippen molar-refractivity contribution in [3.05, 3.63) is 34.2 Å². The molecule has 3 nitrogen and oxygen atoms in total. The number of aryl methyl sites for hydroxylation is 1. The van der Waals surface area contributed by atoms with Crippen molar-refractivity contribution >= 4 is 26.5 Å². The monoisotopic (exact) mass is 436 g/mol. The third kappa shape index (κ3) is 3.61. The Morgan fingerprint density at radius 2 is 1.59 bits per heavy atom. The molecule has 2 rings (SSSR count). The van der Waals surface area contributed by atoms with Gasteiger partial charge in [-0.05, 0) is 35.1 Å². The van der Waals surface area contributed by atoms with Gasteiger partial charge < -0.3 is 0 Å². The minimum absolute atomic E-state index is 0.00169. The Morgan fingerprint density at radius 1 is 1.04 bits per heavy atom. The Morgan fingerprint density at radius 3 is 2.00 bits per heavy atom. The van der Waals surface area contributed by atoms with E-state index in [1.54, 1.807) is 13.0 Å². The molecule has 0 bridgehead atoms. The standard InChI is InChI=1S/C16H18F6O3S2/c1-5-10-6-7-11-9-13(14(2,3)4)26(12(11)8-10,15(17,18)19)25-27(23,24)16(20,21)22/h6-9H,5H2,1-4H3. The van der Waals surface area contributed by atoms with E-state index < -0.39 is 46.7 Å². The largest absolute Gasteiger partial charge is 0.523 e. The van der Waals surface area contributed by atoms with Gasteiger partial charge in [0, 0.05) is 20.1 Å². The maximum absolute atomic E-state index is 14.3. The van der Waals surface area contributed by atoms with Crippen molar-refractivity contribution in [2.45, 2.75) is 50.0 Å². The van der Waals surface area contributed by atoms with Crippen LogP contribution in [0.4, 0.5) is 26.3 Å². The van der Waals surface area contributed by atoms with E-state index in [4.69, 9.17) is 0 Å². The van der Waals surface area contributed by atoms with Crippen LogP contribution in [-0.2, 0) is 20.2 Å². The van der Waals surface area contributed by atoms with Crippen LogP contribution in [0.1, 0.15) is 38.8 Å². The lowest BCUT2D eigenvalue weighted by Gasteiger charge is -2.43. The molecule has 11 heteroatoms. The van der Waals surface area contributed by atoms with Crippen LogP contribution in [0, 0.1) is 5.41 Å². The molecule has 154 valence electrons. The first-order valence-corrected chi connectivity index (χ1v) is 10.7. The van der Waals surface area contributed by atoms with Crippen molar-refractivity contribution in [2.24, 2.45) is 5.41 Å². The zero-order valence-corrected chi connectivity index (χ0v) is 16.5. The summed E-state index contributed by atoms with van der Waals surface area (Å²) in [5, 5.41) is 0. The molecule has 27 heavy (non-hydrogen) atoms. The number of rotatable bonds is 3. The van der Waals surface area contributed by atoms with Crippen LogP contribution >= 0.6 is 10.3 Å². The molecule has 0 N–H and O–H groups in total. The smallest absolute Gasteiger partial charge is 0.196 e. The van der Waals surface area contributed by atoms with Crippen molar-refractivity contribution in [3.8, 4) is 0 Å². The van der Waals surface area contributed by atoms with Crippen molar-refractivity contribution in [2.75, 3.05) is 0 Å². The highest BCUT2D eigenvalue weighted by Gasteiger charge is 2.65. The van der Waals surface area contributed by atoms with Gasteiger partial charge in [-0.15, -0.1) is 0 Å². The van der Waals surface area contributed by atoms with E-state index in [1.165, 1.54) is 26.8 Å². The second-order valence-electron chi connectivity index (χ2n) is 6.95. The van der Waals surface area contributed by atoms with Crippen LogP contribution < -0.4 is 0 Å². The highest BCUT2D eigenvalue weighted by Crippen LogP contribution is 2.80. The van der Waals surface area contributed by atoms with Gasteiger partial charge in [0.05, 0.1) is 0 Å². The summed E-state index contributed by atoms with van der Waals surface area (Å²) in [7, 11) is -11.5. The average Bonchev–Trinajstić information content (AvgIpc) is 2.80. The predicted molar refractivity (Wildman–Crippen MR) is 91.2 cm³/mol. The van der Waals surface area contributed by atoms with Gasteiger partial charge in [-0.25, -0.2) is 0 Å². The molecule has 1 aromatic rings. The first-order valence-electron chi connectivity index (χ1n) is 7.74. The van der Waals surface area contributed by atoms with Gasteiger partial charge in [0.25, 0.3) is 0 Å². The van der Waals surface area contributed by atoms with E-state index in [9.17, 15) is 34.8 Å². The normalized spacial score (nSPS) is 23.6. The average molecular weight is 436 g/mol. The van der Waals surface area contributed by atoms with E-state index >= 15 is 0 Å². The summed E-state index contributed by atoms with van der Waals surface area (Å²) in [5.41, 5.74) is -12.2. The summed E-state index contributed by atoms with van der Waals surface area (Å²) >= 11 is 0. The number of allylic oxidation sites excluding steroid dienone is 1. The van der Waals surface area contributed by atoms with Gasteiger partial charge in [-0.3, -0.25) is 0 Å². The van der Waals surface area contributed by atoms with Crippen LogP contribution in [0.5, 0.6) is 0 Å². The van der Waals surface area contributed by atoms with E-state index in [2.05, 4.69) is 3.63 Å². The molecule has 1 unspecified atom stereocenters. The molecule has 1 heterocycles. The highest BCUT2D eigenvalue weighted by atomic mass is 32.3. The van der Waals surface area contributed by atoms with Gasteiger partial charge in [0.15, 0.2) is 0 Å². The number of fused-ring (bicyclic) bond motifs is 1. The van der Waals surface area contributed by atoms with Gasteiger partial charge in [-0.1, -0.05) is 39.8 Å². The minimum atomic E-state index is -6.50. The molecule has 0 aliphatic carbocycles. The Hall–Kier alpha value is -1.20. The quantitative estimate of drug-likeness (QED) is 0.424. The summed E-state index contributed by atoms with van der Waals surface area (Å²) in [5.74, 6) is 0. The third-order valence-electron chi connectivity index (χ3n) is 3.93. The molecule has 1 aromatic carbocycles. The third-order valence-corrected chi connectivity index (χ3v) is 9.01. The Bertz CT molecular complexity index is 879. The van der Waals surface area contributed by atoms with Crippen molar-refractivity contribution in [1.82, 2.24) is 0 Å². The molecule has 1 aliphatic rings. The molecule has 0 radical (unpaired) electrons. The Labute approximate surface area is 155 Å². The number of benzene rings is 1. The lowest BCUT2D eigenvalue weighted by atomic mass is 9.95. The second kappa shape index (κ2) is 6.41. The molecular weight excluding hydrogens is 418 g/mol. The molecular formula is C16H18F6O3S2. The fraction of sp³-hybridized carbons (Fsp3) is 0.500. The predicted octanol–water partition coefficient (Wildman–Crippen LogP) is 6.11. The summed E-state index contributed by atoms with van der Waals surface area (Å²) < 4.78 is 109. The Kier molecular flexibility index (Phi) is 5.25. The summed E-state index contributed by atoms with van der Waals surface area (Å²) in [4.78, 5) is -1.11. The first-order chi connectivity index (χ1) is 12.0. The van der Waals surface area contributed by atoms with E-state index in [0.29, 0.717) is 12.0 Å². The molecule has 0 saturated carbocycles. The van der Waals surface area contributed by atoms with Crippen LogP contribution in [0.25, 0.3) is 6.08 Å².